The lowest BCUT2D eigenvalue weighted by Crippen LogP contribution is -2.41. The average Bonchev–Trinajstić information content (AvgIpc) is 2.76. The fraction of sp³-hybridized carbons (Fsp3) is 0.533. The third-order valence-corrected chi connectivity index (χ3v) is 4.28. The number of amides is 1. The van der Waals surface area contributed by atoms with Crippen LogP contribution in [0.2, 0.25) is 0 Å². The van der Waals surface area contributed by atoms with Crippen LogP contribution in [0.15, 0.2) is 24.3 Å². The number of carbonyl (C=O) groups is 1. The van der Waals surface area contributed by atoms with Crippen molar-refractivity contribution >= 4 is 5.91 Å². The highest BCUT2D eigenvalue weighted by Gasteiger charge is 2.41. The Kier molecular flexibility index (Phi) is 3.65. The number of halogens is 3. The second-order valence-electron chi connectivity index (χ2n) is 5.72. The minimum absolute atomic E-state index is 0.0354. The Bertz CT molecular complexity index is 527. The van der Waals surface area contributed by atoms with Gasteiger partial charge in [0.2, 0.25) is 5.91 Å². The average molecular weight is 298 g/mol. The predicted octanol–water partition coefficient (Wildman–Crippen LogP) is 2.42. The van der Waals surface area contributed by atoms with Crippen LogP contribution in [0.3, 0.4) is 0 Å². The fourth-order valence-electron chi connectivity index (χ4n) is 3.16. The highest BCUT2D eigenvalue weighted by atomic mass is 19.4. The molecule has 2 saturated heterocycles. The minimum Gasteiger partial charge on any atom is -0.336 e. The molecule has 2 aliphatic heterocycles. The molecule has 0 aromatic heterocycles. The van der Waals surface area contributed by atoms with Gasteiger partial charge in [0.25, 0.3) is 0 Å². The van der Waals surface area contributed by atoms with Gasteiger partial charge in [0.1, 0.15) is 0 Å². The van der Waals surface area contributed by atoms with Gasteiger partial charge in [-0.1, -0.05) is 12.1 Å². The van der Waals surface area contributed by atoms with Crippen LogP contribution in [0.4, 0.5) is 13.2 Å². The number of hydrogen-bond donors (Lipinski definition) is 1. The van der Waals surface area contributed by atoms with E-state index in [1.807, 2.05) is 0 Å². The van der Waals surface area contributed by atoms with Crippen LogP contribution in [0, 0.1) is 5.92 Å². The van der Waals surface area contributed by atoms with Gasteiger partial charge in [-0.15, -0.1) is 0 Å². The van der Waals surface area contributed by atoms with E-state index in [1.54, 1.807) is 4.90 Å². The molecule has 0 aliphatic carbocycles. The maximum absolute atomic E-state index is 12.5. The summed E-state index contributed by atoms with van der Waals surface area (Å²) in [5.41, 5.74) is 0.0735. The number of nitrogens with zero attached hydrogens (tertiary/aromatic N) is 1. The Morgan fingerprint density at radius 1 is 1.24 bits per heavy atom. The van der Waals surface area contributed by atoms with Crippen LogP contribution in [0.25, 0.3) is 0 Å². The lowest BCUT2D eigenvalue weighted by Gasteiger charge is -2.23. The van der Waals surface area contributed by atoms with Gasteiger partial charge in [-0.3, -0.25) is 4.79 Å². The first-order valence-corrected chi connectivity index (χ1v) is 7.13. The molecule has 0 saturated carbocycles. The first kappa shape index (κ1) is 14.4. The van der Waals surface area contributed by atoms with E-state index in [1.165, 1.54) is 12.1 Å². The van der Waals surface area contributed by atoms with E-state index in [-0.39, 0.29) is 17.9 Å². The zero-order valence-corrected chi connectivity index (χ0v) is 11.5. The lowest BCUT2D eigenvalue weighted by molar-refractivity contribution is -0.137. The van der Waals surface area contributed by atoms with E-state index < -0.39 is 11.7 Å². The van der Waals surface area contributed by atoms with Crippen molar-refractivity contribution in [2.24, 2.45) is 5.92 Å². The number of fused-ring (bicyclic) bond motifs is 1. The highest BCUT2D eigenvalue weighted by molar-refractivity contribution is 5.82. The molecule has 0 spiro atoms. The quantitative estimate of drug-likeness (QED) is 0.909. The number of alkyl halides is 3. The van der Waals surface area contributed by atoms with Crippen LogP contribution in [0.5, 0.6) is 0 Å². The standard InChI is InChI=1S/C15H17F3N2O/c16-15(17,18)11-5-3-10(4-6-11)8-20-9-13-12(14(20)21)2-1-7-19-13/h3-6,12-13,19H,1-2,7-9H2. The summed E-state index contributed by atoms with van der Waals surface area (Å²) in [5, 5.41) is 3.34. The molecule has 1 aromatic rings. The van der Waals surface area contributed by atoms with Crippen LogP contribution in [-0.2, 0) is 17.5 Å². The monoisotopic (exact) mass is 298 g/mol. The van der Waals surface area contributed by atoms with Crippen molar-refractivity contribution in [2.75, 3.05) is 13.1 Å². The van der Waals surface area contributed by atoms with E-state index in [0.29, 0.717) is 13.1 Å². The molecule has 2 heterocycles. The number of hydrogen-bond acceptors (Lipinski definition) is 2. The molecule has 1 aromatic carbocycles. The van der Waals surface area contributed by atoms with Crippen molar-refractivity contribution in [3.05, 3.63) is 35.4 Å². The van der Waals surface area contributed by atoms with Gasteiger partial charge in [-0.05, 0) is 37.1 Å². The van der Waals surface area contributed by atoms with Crippen molar-refractivity contribution in [3.63, 3.8) is 0 Å². The molecule has 2 aliphatic rings. The van der Waals surface area contributed by atoms with E-state index in [4.69, 9.17) is 0 Å². The topological polar surface area (TPSA) is 32.3 Å². The summed E-state index contributed by atoms with van der Waals surface area (Å²) >= 11 is 0. The number of benzene rings is 1. The first-order chi connectivity index (χ1) is 9.95. The largest absolute Gasteiger partial charge is 0.416 e. The smallest absolute Gasteiger partial charge is 0.336 e. The maximum Gasteiger partial charge on any atom is 0.416 e. The summed E-state index contributed by atoms with van der Waals surface area (Å²) in [6, 6.07) is 5.24. The van der Waals surface area contributed by atoms with Crippen LogP contribution in [0.1, 0.15) is 24.0 Å². The summed E-state index contributed by atoms with van der Waals surface area (Å²) in [7, 11) is 0. The van der Waals surface area contributed by atoms with Crippen molar-refractivity contribution in [3.8, 4) is 0 Å². The molecule has 1 amide bonds. The molecule has 0 radical (unpaired) electrons. The SMILES string of the molecule is O=C1C2CCCNC2CN1Cc1ccc(C(F)(F)F)cc1. The molecule has 2 fully saturated rings. The Balaban J connectivity index is 1.68. The van der Waals surface area contributed by atoms with Gasteiger partial charge in [-0.2, -0.15) is 13.2 Å². The summed E-state index contributed by atoms with van der Waals surface area (Å²) in [6.07, 6.45) is -2.41. The molecule has 3 nitrogen and oxygen atoms in total. The van der Waals surface area contributed by atoms with Crippen molar-refractivity contribution < 1.29 is 18.0 Å². The molecule has 114 valence electrons. The Morgan fingerprint density at radius 2 is 1.95 bits per heavy atom. The normalized spacial score (nSPS) is 26.0. The van der Waals surface area contributed by atoms with Crippen molar-refractivity contribution in [1.29, 1.82) is 0 Å². The molecular formula is C15H17F3N2O. The minimum atomic E-state index is -4.32. The van der Waals surface area contributed by atoms with Gasteiger partial charge < -0.3 is 10.2 Å². The summed E-state index contributed by atoms with van der Waals surface area (Å²) in [4.78, 5) is 14.0. The number of piperidine rings is 1. The molecule has 21 heavy (non-hydrogen) atoms. The van der Waals surface area contributed by atoms with E-state index >= 15 is 0 Å². The second kappa shape index (κ2) is 5.33. The zero-order chi connectivity index (χ0) is 15.0. The molecule has 6 heteroatoms. The van der Waals surface area contributed by atoms with Crippen LogP contribution in [-0.4, -0.2) is 29.9 Å². The summed E-state index contributed by atoms with van der Waals surface area (Å²) in [6.45, 7) is 1.96. The zero-order valence-electron chi connectivity index (χ0n) is 11.5. The first-order valence-electron chi connectivity index (χ1n) is 7.13. The third-order valence-electron chi connectivity index (χ3n) is 4.28. The Morgan fingerprint density at radius 3 is 2.57 bits per heavy atom. The van der Waals surface area contributed by atoms with Gasteiger partial charge in [0.05, 0.1) is 11.5 Å². The molecule has 2 atom stereocenters. The molecule has 3 rings (SSSR count). The van der Waals surface area contributed by atoms with Crippen molar-refractivity contribution in [2.45, 2.75) is 31.6 Å². The third kappa shape index (κ3) is 2.90. The maximum atomic E-state index is 12.5. The van der Waals surface area contributed by atoms with Crippen LogP contribution < -0.4 is 5.32 Å². The number of carbonyl (C=O) groups excluding carboxylic acids is 1. The second-order valence-corrected chi connectivity index (χ2v) is 5.72. The summed E-state index contributed by atoms with van der Waals surface area (Å²) < 4.78 is 37.5. The van der Waals surface area contributed by atoms with Gasteiger partial charge >= 0.3 is 6.18 Å². The Hall–Kier alpha value is -1.56. The summed E-state index contributed by atoms with van der Waals surface area (Å²) in [5.74, 6) is 0.153. The van der Waals surface area contributed by atoms with Gasteiger partial charge in [0.15, 0.2) is 0 Å². The van der Waals surface area contributed by atoms with E-state index in [0.717, 1.165) is 37.1 Å². The number of rotatable bonds is 2. The van der Waals surface area contributed by atoms with E-state index in [9.17, 15) is 18.0 Å². The highest BCUT2D eigenvalue weighted by Crippen LogP contribution is 2.30. The fourth-order valence-corrected chi connectivity index (χ4v) is 3.16. The lowest BCUT2D eigenvalue weighted by atomic mass is 9.94. The molecule has 0 bridgehead atoms. The number of nitrogens with one attached hydrogen (secondary N) is 1. The van der Waals surface area contributed by atoms with Gasteiger partial charge in [0, 0.05) is 19.1 Å². The van der Waals surface area contributed by atoms with Crippen molar-refractivity contribution in [1.82, 2.24) is 10.2 Å². The Labute approximate surface area is 121 Å². The predicted molar refractivity (Wildman–Crippen MR) is 71.4 cm³/mol. The molecule has 2 unspecified atom stereocenters. The molecule has 1 N–H and O–H groups in total. The van der Waals surface area contributed by atoms with Crippen LogP contribution >= 0.6 is 0 Å². The molecular weight excluding hydrogens is 281 g/mol. The number of likely N-dealkylation sites (tertiary alicyclic amines) is 1. The van der Waals surface area contributed by atoms with Gasteiger partial charge in [-0.25, -0.2) is 0 Å². The van der Waals surface area contributed by atoms with E-state index in [2.05, 4.69) is 5.32 Å².